The maximum atomic E-state index is 10.8. The van der Waals surface area contributed by atoms with Gasteiger partial charge in [0.1, 0.15) is 12.4 Å². The number of nitrogens with two attached hydrogens (primary N) is 1. The highest BCUT2D eigenvalue weighted by atomic mass is 32.2. The third-order valence-corrected chi connectivity index (χ3v) is 4.19. The highest BCUT2D eigenvalue weighted by Crippen LogP contribution is 2.32. The van der Waals surface area contributed by atoms with Crippen molar-refractivity contribution in [1.29, 1.82) is 0 Å². The predicted octanol–water partition coefficient (Wildman–Crippen LogP) is -0.688. The molecule has 11 heteroatoms. The molecule has 10 nitrogen and oxygen atoms in total. The van der Waals surface area contributed by atoms with E-state index >= 15 is 0 Å². The molecule has 0 spiro atoms. The van der Waals surface area contributed by atoms with Gasteiger partial charge in [0.2, 0.25) is 0 Å². The van der Waals surface area contributed by atoms with E-state index in [4.69, 9.17) is 9.88 Å². The molecule has 3 heterocycles. The normalized spacial score (nSPS) is 25.3. The number of aryl methyl sites for hydroxylation is 2. The van der Waals surface area contributed by atoms with Crippen LogP contribution in [-0.2, 0) is 19.2 Å². The molecule has 0 amide bonds. The summed E-state index contributed by atoms with van der Waals surface area (Å²) in [6.45, 7) is 3.33. The van der Waals surface area contributed by atoms with E-state index in [9.17, 15) is 13.5 Å². The van der Waals surface area contributed by atoms with Crippen LogP contribution >= 0.6 is 0 Å². The molecular weight excluding hydrogens is 326 g/mol. The molecule has 1 fully saturated rings. The van der Waals surface area contributed by atoms with Crippen LogP contribution in [0.2, 0.25) is 0 Å². The minimum Gasteiger partial charge on any atom is -0.390 e. The number of aliphatic hydroxyl groups is 1. The smallest absolute Gasteiger partial charge is 0.333 e. The fraction of sp³-hybridized carbons (Fsp3) is 0.583. The predicted molar refractivity (Wildman–Crippen MR) is 78.4 cm³/mol. The van der Waals surface area contributed by atoms with Gasteiger partial charge < -0.3 is 9.84 Å². The minimum atomic E-state index is -4.09. The lowest BCUT2D eigenvalue weighted by Crippen LogP contribution is -2.30. The molecule has 3 N–H and O–H groups in total. The lowest BCUT2D eigenvalue weighted by molar-refractivity contribution is -0.0412. The second kappa shape index (κ2) is 5.76. The molecule has 3 atom stereocenters. The fourth-order valence-corrected chi connectivity index (χ4v) is 3.02. The van der Waals surface area contributed by atoms with Crippen LogP contribution in [0.4, 0.5) is 0 Å². The second-order valence-electron chi connectivity index (χ2n) is 5.40. The zero-order valence-corrected chi connectivity index (χ0v) is 13.4. The summed E-state index contributed by atoms with van der Waals surface area (Å²) in [5, 5.41) is 20.0. The quantitative estimate of drug-likeness (QED) is 0.743. The summed E-state index contributed by atoms with van der Waals surface area (Å²) in [5.41, 5.74) is 2.15. The number of rotatable bonds is 4. The van der Waals surface area contributed by atoms with Crippen molar-refractivity contribution in [3.8, 4) is 0 Å². The summed E-state index contributed by atoms with van der Waals surface area (Å²) in [4.78, 5) is 8.36. The lowest BCUT2D eigenvalue weighted by atomic mass is 10.2. The van der Waals surface area contributed by atoms with Crippen LogP contribution in [0.1, 0.15) is 24.0 Å². The summed E-state index contributed by atoms with van der Waals surface area (Å²) >= 11 is 0. The SMILES string of the molecule is Cc1ncnc2c1c(C)nn2[C@H]1C[C@H](O)C(COS(N)(=O)=O)O1. The highest BCUT2D eigenvalue weighted by Gasteiger charge is 2.37. The number of hydrogen-bond acceptors (Lipinski definition) is 8. The van der Waals surface area contributed by atoms with Crippen LogP contribution in [0, 0.1) is 13.8 Å². The molecule has 1 saturated heterocycles. The Bertz CT molecular complexity index is 836. The van der Waals surface area contributed by atoms with E-state index in [-0.39, 0.29) is 13.0 Å². The Morgan fingerprint density at radius 2 is 2.17 bits per heavy atom. The van der Waals surface area contributed by atoms with Crippen LogP contribution < -0.4 is 5.14 Å². The first-order chi connectivity index (χ1) is 10.8. The van der Waals surface area contributed by atoms with Crippen LogP contribution in [0.5, 0.6) is 0 Å². The van der Waals surface area contributed by atoms with Crippen molar-refractivity contribution >= 4 is 21.3 Å². The van der Waals surface area contributed by atoms with E-state index in [2.05, 4.69) is 19.2 Å². The van der Waals surface area contributed by atoms with Crippen molar-refractivity contribution in [3.63, 3.8) is 0 Å². The van der Waals surface area contributed by atoms with Gasteiger partial charge in [-0.25, -0.2) is 19.8 Å². The van der Waals surface area contributed by atoms with Crippen molar-refractivity contribution < 1.29 is 22.4 Å². The van der Waals surface area contributed by atoms with Crippen LogP contribution in [-0.4, -0.2) is 52.1 Å². The van der Waals surface area contributed by atoms with Gasteiger partial charge in [0, 0.05) is 6.42 Å². The number of aliphatic hydroxyl groups excluding tert-OH is 1. The average Bonchev–Trinajstić information content (AvgIpc) is 2.98. The third-order valence-electron chi connectivity index (χ3n) is 3.73. The molecule has 0 saturated carbocycles. The summed E-state index contributed by atoms with van der Waals surface area (Å²) in [5.74, 6) is 0. The molecule has 2 aromatic rings. The first kappa shape index (κ1) is 16.2. The van der Waals surface area contributed by atoms with Crippen molar-refractivity contribution in [1.82, 2.24) is 19.7 Å². The number of fused-ring (bicyclic) bond motifs is 1. The average molecular weight is 343 g/mol. The number of hydrogen-bond donors (Lipinski definition) is 2. The van der Waals surface area contributed by atoms with E-state index in [1.807, 2.05) is 13.8 Å². The van der Waals surface area contributed by atoms with Crippen LogP contribution in [0.3, 0.4) is 0 Å². The van der Waals surface area contributed by atoms with Gasteiger partial charge in [-0.15, -0.1) is 0 Å². The van der Waals surface area contributed by atoms with E-state index in [0.717, 1.165) is 16.8 Å². The van der Waals surface area contributed by atoms with Gasteiger partial charge in [-0.2, -0.15) is 13.5 Å². The molecule has 3 rings (SSSR count). The van der Waals surface area contributed by atoms with Crippen molar-refractivity contribution in [3.05, 3.63) is 17.7 Å². The van der Waals surface area contributed by atoms with Crippen molar-refractivity contribution in [2.24, 2.45) is 5.14 Å². The molecule has 126 valence electrons. The summed E-state index contributed by atoms with van der Waals surface area (Å²) in [7, 11) is -4.09. The summed E-state index contributed by atoms with van der Waals surface area (Å²) < 4.78 is 33.4. The van der Waals surface area contributed by atoms with Gasteiger partial charge in [-0.3, -0.25) is 4.18 Å². The maximum absolute atomic E-state index is 10.8. The highest BCUT2D eigenvalue weighted by molar-refractivity contribution is 7.84. The fourth-order valence-electron chi connectivity index (χ4n) is 2.69. The molecular formula is C12H17N5O5S. The van der Waals surface area contributed by atoms with Gasteiger partial charge in [0.15, 0.2) is 11.9 Å². The van der Waals surface area contributed by atoms with Crippen LogP contribution in [0.15, 0.2) is 6.33 Å². The molecule has 0 radical (unpaired) electrons. The Morgan fingerprint density at radius 3 is 2.87 bits per heavy atom. The van der Waals surface area contributed by atoms with Gasteiger partial charge in [0.05, 0.1) is 29.5 Å². The van der Waals surface area contributed by atoms with Gasteiger partial charge in [-0.05, 0) is 13.8 Å². The maximum Gasteiger partial charge on any atom is 0.333 e. The zero-order valence-electron chi connectivity index (χ0n) is 12.6. The largest absolute Gasteiger partial charge is 0.390 e. The van der Waals surface area contributed by atoms with E-state index in [1.54, 1.807) is 4.68 Å². The standard InChI is InChI=1S/C12H17N5O5S/c1-6-11-7(2)16-17(12(11)15-5-14-6)10-3-8(18)9(22-10)4-21-23(13,19)20/h5,8-10,18H,3-4H2,1-2H3,(H2,13,19,20)/t8-,9?,10+/m0/s1. The summed E-state index contributed by atoms with van der Waals surface area (Å²) in [6, 6.07) is 0. The molecule has 2 aromatic heterocycles. The Balaban J connectivity index is 1.85. The molecule has 0 bridgehead atoms. The van der Waals surface area contributed by atoms with E-state index < -0.39 is 28.7 Å². The van der Waals surface area contributed by atoms with Gasteiger partial charge >= 0.3 is 10.3 Å². The van der Waals surface area contributed by atoms with Crippen molar-refractivity contribution in [2.45, 2.75) is 38.7 Å². The minimum absolute atomic E-state index is 0.234. The second-order valence-corrected chi connectivity index (χ2v) is 6.62. The topological polar surface area (TPSA) is 142 Å². The molecule has 0 aromatic carbocycles. The first-order valence-electron chi connectivity index (χ1n) is 6.93. The molecule has 1 unspecified atom stereocenters. The first-order valence-corrected chi connectivity index (χ1v) is 8.40. The molecule has 1 aliphatic heterocycles. The molecule has 0 aliphatic carbocycles. The summed E-state index contributed by atoms with van der Waals surface area (Å²) in [6.07, 6.45) is -0.630. The van der Waals surface area contributed by atoms with Gasteiger partial charge in [0.25, 0.3) is 0 Å². The number of ether oxygens (including phenoxy) is 1. The monoisotopic (exact) mass is 343 g/mol. The Kier molecular flexibility index (Phi) is 4.06. The molecule has 1 aliphatic rings. The number of nitrogens with zero attached hydrogens (tertiary/aromatic N) is 4. The van der Waals surface area contributed by atoms with Crippen molar-refractivity contribution in [2.75, 3.05) is 6.61 Å². The number of aromatic nitrogens is 4. The lowest BCUT2D eigenvalue weighted by Gasteiger charge is -2.14. The zero-order chi connectivity index (χ0) is 16.8. The Hall–Kier alpha value is -1.66. The van der Waals surface area contributed by atoms with E-state index in [0.29, 0.717) is 5.65 Å². The van der Waals surface area contributed by atoms with Gasteiger partial charge in [-0.1, -0.05) is 0 Å². The van der Waals surface area contributed by atoms with E-state index in [1.165, 1.54) is 6.33 Å². The Labute approximate surface area is 132 Å². The molecule has 23 heavy (non-hydrogen) atoms. The third kappa shape index (κ3) is 3.19. The Morgan fingerprint density at radius 1 is 1.43 bits per heavy atom. The van der Waals surface area contributed by atoms with Crippen LogP contribution in [0.25, 0.3) is 11.0 Å².